The first-order valence-electron chi connectivity index (χ1n) is 26.0. The molecular formula is C64H77Cl2F2IO8V. The van der Waals surface area contributed by atoms with E-state index < -0.39 is 35.4 Å². The summed E-state index contributed by atoms with van der Waals surface area (Å²) in [5.41, 5.74) is 9.19. The monoisotopic (exact) mass is 1260 g/mol. The second kappa shape index (κ2) is 30.6. The molecule has 0 spiro atoms. The van der Waals surface area contributed by atoms with Crippen LogP contribution < -0.4 is 0 Å². The Morgan fingerprint density at radius 1 is 0.577 bits per heavy atom. The van der Waals surface area contributed by atoms with Gasteiger partial charge in [0.25, 0.3) is 0 Å². The van der Waals surface area contributed by atoms with Gasteiger partial charge in [0, 0.05) is 18.6 Å². The van der Waals surface area contributed by atoms with E-state index in [4.69, 9.17) is 37.4 Å². The number of hydrogen-bond acceptors (Lipinski definition) is 7. The molecule has 6 rings (SSSR count). The molecule has 421 valence electrons. The largest absolute Gasteiger partial charge is 0.478 e. The third kappa shape index (κ3) is 21.1. The van der Waals surface area contributed by atoms with E-state index in [0.717, 1.165) is 62.9 Å². The maximum Gasteiger partial charge on any atom is 0.338 e. The fraction of sp³-hybridized carbons (Fsp3) is 0.406. The molecule has 0 saturated heterocycles. The normalized spacial score (nSPS) is 13.2. The summed E-state index contributed by atoms with van der Waals surface area (Å²) in [5, 5.41) is 30.9. The molecule has 0 bridgehead atoms. The van der Waals surface area contributed by atoms with Crippen molar-refractivity contribution < 1.29 is 66.5 Å². The standard InChI is InChI=1S/C34H42ClFO4.C30H34ClFO4.HI.V/c1-22-18-25(13-14-27(22)32(38)40-33(3,4)5)29-11-9-8-10-28(29)23(2)39-21-26(37)16-17-34(6,7)20-24-12-15-30(35)31(36)19-24;1-19-15-22(10-11-24(19)29(34)35)26-8-6-5-7-25(26)20(2)36-18-23(33)13-14-30(3,4)17-21-9-12-27(31)28(32)16-21;;/h8-15,18-19,23,26,37H,16-17,20-21H2,1-7H3;5-12,15-16,20,23,33H,13-14,17-18H2,1-4H3,(H,34,35);1H;/t23-,26-;20-,23-;;/m11../s1. The molecule has 0 aliphatic rings. The van der Waals surface area contributed by atoms with Crippen LogP contribution in [0.15, 0.2) is 121 Å². The average molecular weight is 1260 g/mol. The maximum atomic E-state index is 13.8. The topological polar surface area (TPSA) is 123 Å². The number of rotatable bonds is 22. The average Bonchev–Trinajstić information content (AvgIpc) is 3.35. The summed E-state index contributed by atoms with van der Waals surface area (Å²) in [7, 11) is 0. The van der Waals surface area contributed by atoms with Crippen molar-refractivity contribution in [1.29, 1.82) is 0 Å². The van der Waals surface area contributed by atoms with Gasteiger partial charge in [0.05, 0.1) is 58.8 Å². The number of esters is 1. The molecular weight excluding hydrogens is 1180 g/mol. The van der Waals surface area contributed by atoms with Crippen LogP contribution in [-0.4, -0.2) is 58.3 Å². The Labute approximate surface area is 500 Å². The fourth-order valence-corrected chi connectivity index (χ4v) is 9.48. The van der Waals surface area contributed by atoms with Crippen LogP contribution in [0.25, 0.3) is 22.3 Å². The van der Waals surface area contributed by atoms with Crippen LogP contribution >= 0.6 is 47.2 Å². The molecule has 0 heterocycles. The Kier molecular flexibility index (Phi) is 26.7. The van der Waals surface area contributed by atoms with Gasteiger partial charge in [0.15, 0.2) is 0 Å². The first-order chi connectivity index (χ1) is 35.6. The Balaban J connectivity index is 0.000000402. The molecule has 0 fully saturated rings. The van der Waals surface area contributed by atoms with E-state index in [1.165, 1.54) is 12.1 Å². The number of aryl methyl sites for hydroxylation is 2. The first-order valence-corrected chi connectivity index (χ1v) is 26.7. The Morgan fingerprint density at radius 2 is 0.962 bits per heavy atom. The zero-order valence-electron chi connectivity index (χ0n) is 46.8. The van der Waals surface area contributed by atoms with Gasteiger partial charge in [-0.2, -0.15) is 0 Å². The van der Waals surface area contributed by atoms with E-state index in [0.29, 0.717) is 36.8 Å². The van der Waals surface area contributed by atoms with Crippen molar-refractivity contribution in [3.05, 3.63) is 188 Å². The molecule has 0 saturated carbocycles. The summed E-state index contributed by atoms with van der Waals surface area (Å²) in [6.45, 7) is 22.0. The summed E-state index contributed by atoms with van der Waals surface area (Å²) in [6, 6.07) is 36.7. The van der Waals surface area contributed by atoms with Crippen molar-refractivity contribution >= 4 is 59.1 Å². The number of carbonyl (C=O) groups is 2. The number of carbonyl (C=O) groups excluding carboxylic acids is 1. The van der Waals surface area contributed by atoms with Gasteiger partial charge in [-0.3, -0.25) is 0 Å². The van der Waals surface area contributed by atoms with Gasteiger partial charge in [-0.25, -0.2) is 18.4 Å². The van der Waals surface area contributed by atoms with Crippen molar-refractivity contribution in [3.63, 3.8) is 0 Å². The Bertz CT molecular complexity index is 2920. The minimum absolute atomic E-state index is 0. The van der Waals surface area contributed by atoms with Gasteiger partial charge in [-0.1, -0.05) is 136 Å². The molecule has 0 aliphatic carbocycles. The second-order valence-electron chi connectivity index (χ2n) is 22.6. The number of hydrogen-bond donors (Lipinski definition) is 3. The smallest absolute Gasteiger partial charge is 0.338 e. The Morgan fingerprint density at radius 3 is 1.32 bits per heavy atom. The molecule has 0 unspecified atom stereocenters. The van der Waals surface area contributed by atoms with Crippen molar-refractivity contribution in [2.24, 2.45) is 10.8 Å². The van der Waals surface area contributed by atoms with Crippen LogP contribution in [0.5, 0.6) is 0 Å². The number of aliphatic hydroxyl groups is 2. The predicted molar refractivity (Wildman–Crippen MR) is 318 cm³/mol. The van der Waals surface area contributed by atoms with Gasteiger partial charge in [0.1, 0.15) is 17.2 Å². The fourth-order valence-electron chi connectivity index (χ4n) is 9.25. The van der Waals surface area contributed by atoms with E-state index in [1.807, 2.05) is 133 Å². The van der Waals surface area contributed by atoms with Crippen molar-refractivity contribution in [2.75, 3.05) is 13.2 Å². The molecule has 4 atom stereocenters. The Hall–Kier alpha value is -4.15. The van der Waals surface area contributed by atoms with E-state index in [2.05, 4.69) is 27.7 Å². The van der Waals surface area contributed by atoms with E-state index in [1.54, 1.807) is 25.1 Å². The minimum Gasteiger partial charge on any atom is -0.478 e. The summed E-state index contributed by atoms with van der Waals surface area (Å²) < 4.78 is 45.3. The van der Waals surface area contributed by atoms with Gasteiger partial charge in [0.2, 0.25) is 0 Å². The third-order valence-electron chi connectivity index (χ3n) is 13.4. The van der Waals surface area contributed by atoms with Gasteiger partial charge < -0.3 is 29.5 Å². The van der Waals surface area contributed by atoms with Crippen LogP contribution in [0, 0.1) is 36.3 Å². The number of halogens is 5. The van der Waals surface area contributed by atoms with Crippen LogP contribution in [0.2, 0.25) is 10.0 Å². The quantitative estimate of drug-likeness (QED) is 0.0454. The third-order valence-corrected chi connectivity index (χ3v) is 14.1. The van der Waals surface area contributed by atoms with Crippen LogP contribution in [0.1, 0.15) is 154 Å². The van der Waals surface area contributed by atoms with Crippen molar-refractivity contribution in [1.82, 2.24) is 0 Å². The van der Waals surface area contributed by atoms with Crippen LogP contribution in [-0.2, 0) is 45.6 Å². The molecule has 6 aromatic rings. The van der Waals surface area contributed by atoms with Crippen LogP contribution in [0.3, 0.4) is 0 Å². The SMILES string of the molecule is Cc1cc(-c2ccccc2[C@@H](C)OC[C@H](O)CCC(C)(C)Cc2ccc(Cl)c(F)c2)ccc1C(=O)O.Cc1cc(-c2ccccc2[C@@H](C)OC[C@H](O)CCC(C)(C)Cc2ccc(Cl)c(F)c2)ccc1C(=O)OC(C)(C)C.I.[V]. The number of aliphatic hydroxyl groups excluding tert-OH is 2. The van der Waals surface area contributed by atoms with Gasteiger partial charge in [-0.15, -0.1) is 24.0 Å². The zero-order chi connectivity index (χ0) is 56.1. The van der Waals surface area contributed by atoms with Crippen molar-refractivity contribution in [2.45, 2.75) is 145 Å². The van der Waals surface area contributed by atoms with E-state index >= 15 is 0 Å². The summed E-state index contributed by atoms with van der Waals surface area (Å²) in [6.07, 6.45) is 2.25. The molecule has 3 N–H and O–H groups in total. The number of carboxylic acid groups (broad SMARTS) is 1. The van der Waals surface area contributed by atoms with Gasteiger partial charge >= 0.3 is 11.9 Å². The number of carboxylic acids is 1. The second-order valence-corrected chi connectivity index (χ2v) is 23.4. The van der Waals surface area contributed by atoms with E-state index in [9.17, 15) is 33.7 Å². The summed E-state index contributed by atoms with van der Waals surface area (Å²) in [5.74, 6) is -2.10. The molecule has 8 nitrogen and oxygen atoms in total. The first kappa shape index (κ1) is 68.1. The molecule has 1 radical (unpaired) electrons. The zero-order valence-corrected chi connectivity index (χ0v) is 52.0. The number of aromatic carboxylic acids is 1. The van der Waals surface area contributed by atoms with E-state index in [-0.39, 0.29) is 100 Å². The van der Waals surface area contributed by atoms with Crippen molar-refractivity contribution in [3.8, 4) is 22.3 Å². The molecule has 78 heavy (non-hydrogen) atoms. The summed E-state index contributed by atoms with van der Waals surface area (Å²) in [4.78, 5) is 24.0. The van der Waals surface area contributed by atoms with Crippen LogP contribution in [0.4, 0.5) is 8.78 Å². The predicted octanol–water partition coefficient (Wildman–Crippen LogP) is 17.2. The maximum absolute atomic E-state index is 13.8. The summed E-state index contributed by atoms with van der Waals surface area (Å²) >= 11 is 11.6. The molecule has 6 aromatic carbocycles. The number of benzene rings is 6. The molecule has 14 heteroatoms. The van der Waals surface area contributed by atoms with Gasteiger partial charge in [-0.05, 0) is 190 Å². The molecule has 0 aromatic heterocycles. The number of ether oxygens (including phenoxy) is 3. The minimum atomic E-state index is -0.943. The molecule has 0 amide bonds. The molecule has 0 aliphatic heterocycles.